The van der Waals surface area contributed by atoms with Crippen LogP contribution in [0.4, 0.5) is 0 Å². The highest BCUT2D eigenvalue weighted by molar-refractivity contribution is 5.76. The lowest BCUT2D eigenvalue weighted by Gasteiger charge is -2.50. The normalized spacial score (nSPS) is 42.6. The number of carboxylic acids is 1. The van der Waals surface area contributed by atoms with E-state index < -0.39 is 253 Å². The molecule has 0 aromatic carbocycles. The number of ether oxygens (including phenoxy) is 10. The van der Waals surface area contributed by atoms with E-state index in [1.807, 2.05) is 0 Å². The molecule has 0 bridgehead atoms. The van der Waals surface area contributed by atoms with Crippen LogP contribution in [-0.4, -0.2) is 344 Å². The molecule has 3 amide bonds. The van der Waals surface area contributed by atoms with Crippen molar-refractivity contribution in [2.45, 2.75) is 217 Å². The van der Waals surface area contributed by atoms with Crippen molar-refractivity contribution in [2.24, 2.45) is 0 Å². The largest absolute Gasteiger partial charge is 0.477 e. The van der Waals surface area contributed by atoms with Crippen molar-refractivity contribution in [3.8, 4) is 0 Å². The summed E-state index contributed by atoms with van der Waals surface area (Å²) in [6.45, 7) is -2.44. The smallest absolute Gasteiger partial charge is 0.364 e. The molecule has 5 aliphatic rings. The third kappa shape index (κ3) is 15.8. The number of carboxylic acid groups (broad SMARTS) is 1. The third-order valence-electron chi connectivity index (χ3n) is 14.2. The van der Waals surface area contributed by atoms with E-state index in [9.17, 15) is 116 Å². The van der Waals surface area contributed by atoms with Crippen molar-refractivity contribution in [3.05, 3.63) is 0 Å². The molecule has 5 saturated heterocycles. The molecule has 0 aromatic rings. The number of aliphatic carboxylic acids is 1. The number of aliphatic hydroxyl groups is 18. The lowest BCUT2D eigenvalue weighted by molar-refractivity contribution is -0.381. The summed E-state index contributed by atoms with van der Waals surface area (Å²) in [4.78, 5) is 50.7. The van der Waals surface area contributed by atoms with Crippen LogP contribution in [0, 0.1) is 0 Å². The van der Waals surface area contributed by atoms with Gasteiger partial charge in [0, 0.05) is 27.2 Å². The SMILES string of the molecule is CC(=O)N[C@H]1[C@H](O[C@@H]2[C@@H](NC(C)=O)[C@H](OC[C@@H](O)[C@H](O)[C@H](O[C@@H]3O[C@H](CO)[C@H](O)[C@H](O[C@]4(C(=O)O)C[C@H](O)[C@@H](O)[C@H]([C@H](O)[C@H](O)CO)O4)[C@H]3O)[C@H](CO)NC(C)=O)O[C@H](CO)[C@H]2O[C@H]2O[C@H](C)[C@H](O)[C@H](O)[C@H]2O)O[C@H](CO)[C@@H](O)[C@@H]1O. The van der Waals surface area contributed by atoms with Crippen molar-refractivity contribution in [1.82, 2.24) is 16.0 Å². The summed E-state index contributed by atoms with van der Waals surface area (Å²) in [6.07, 6.45) is -54.0. The molecular weight excluding hydrogens is 1110 g/mol. The zero-order valence-electron chi connectivity index (χ0n) is 43.9. The molecule has 0 aromatic heterocycles. The van der Waals surface area contributed by atoms with E-state index in [0.717, 1.165) is 20.8 Å². The molecule has 5 fully saturated rings. The Hall–Kier alpha value is -3.24. The van der Waals surface area contributed by atoms with Crippen LogP contribution in [0.2, 0.25) is 0 Å². The number of nitrogens with one attached hydrogen (secondary N) is 3. The maximum atomic E-state index is 13.0. The molecule has 5 heterocycles. The van der Waals surface area contributed by atoms with Gasteiger partial charge in [-0.1, -0.05) is 0 Å². The minimum Gasteiger partial charge on any atom is -0.477 e. The van der Waals surface area contributed by atoms with Gasteiger partial charge in [-0.3, -0.25) is 14.4 Å². The van der Waals surface area contributed by atoms with Gasteiger partial charge in [0.15, 0.2) is 25.2 Å². The number of carbonyl (C=O) groups is 4. The Kier molecular flexibility index (Phi) is 25.1. The first-order valence-electron chi connectivity index (χ1n) is 25.5. The maximum Gasteiger partial charge on any atom is 0.364 e. The third-order valence-corrected chi connectivity index (χ3v) is 14.2. The molecule has 0 unspecified atom stereocenters. The molecule has 36 nitrogen and oxygen atoms in total. The predicted molar refractivity (Wildman–Crippen MR) is 252 cm³/mol. The molecule has 470 valence electrons. The first kappa shape index (κ1) is 68.5. The summed E-state index contributed by atoms with van der Waals surface area (Å²) in [5, 5.41) is 211. The van der Waals surface area contributed by atoms with E-state index in [-0.39, 0.29) is 0 Å². The molecule has 0 aliphatic carbocycles. The molecule has 81 heavy (non-hydrogen) atoms. The second-order valence-corrected chi connectivity index (χ2v) is 20.2. The molecule has 0 saturated carbocycles. The van der Waals surface area contributed by atoms with Crippen LogP contribution < -0.4 is 16.0 Å². The number of hydrogen-bond acceptors (Lipinski definition) is 32. The number of rotatable bonds is 25. The van der Waals surface area contributed by atoms with E-state index in [1.165, 1.54) is 6.92 Å². The zero-order chi connectivity index (χ0) is 60.7. The van der Waals surface area contributed by atoms with Gasteiger partial charge in [-0.05, 0) is 6.92 Å². The zero-order valence-corrected chi connectivity index (χ0v) is 43.9. The van der Waals surface area contributed by atoms with Gasteiger partial charge in [-0.2, -0.15) is 0 Å². The Bertz CT molecular complexity index is 2020. The minimum atomic E-state index is -3.25. The Morgan fingerprint density at radius 1 is 0.580 bits per heavy atom. The van der Waals surface area contributed by atoms with Crippen molar-refractivity contribution in [2.75, 3.05) is 39.6 Å². The Morgan fingerprint density at radius 2 is 1.15 bits per heavy atom. The van der Waals surface area contributed by atoms with Gasteiger partial charge in [-0.15, -0.1) is 0 Å². The Balaban J connectivity index is 1.49. The van der Waals surface area contributed by atoms with Gasteiger partial charge in [0.2, 0.25) is 17.7 Å². The Labute approximate surface area is 459 Å². The highest BCUT2D eigenvalue weighted by Gasteiger charge is 2.60. The first-order chi connectivity index (χ1) is 38.0. The van der Waals surface area contributed by atoms with Gasteiger partial charge >= 0.3 is 5.97 Å². The van der Waals surface area contributed by atoms with Gasteiger partial charge in [-0.25, -0.2) is 4.79 Å². The summed E-state index contributed by atoms with van der Waals surface area (Å²) in [7, 11) is 0. The fraction of sp³-hybridized carbons (Fsp3) is 0.911. The molecule has 0 radical (unpaired) electrons. The van der Waals surface area contributed by atoms with E-state index in [4.69, 9.17) is 47.4 Å². The highest BCUT2D eigenvalue weighted by atomic mass is 16.8. The van der Waals surface area contributed by atoms with Crippen molar-refractivity contribution < 1.29 is 164 Å². The highest BCUT2D eigenvalue weighted by Crippen LogP contribution is 2.39. The second-order valence-electron chi connectivity index (χ2n) is 20.2. The van der Waals surface area contributed by atoms with Crippen LogP contribution >= 0.6 is 0 Å². The molecule has 30 atom stereocenters. The van der Waals surface area contributed by atoms with Gasteiger partial charge in [0.05, 0.1) is 57.9 Å². The quantitative estimate of drug-likeness (QED) is 0.0404. The van der Waals surface area contributed by atoms with Crippen molar-refractivity contribution in [3.63, 3.8) is 0 Å². The molecular formula is C45H77N3O33. The average molecular weight is 1190 g/mol. The number of amides is 3. The van der Waals surface area contributed by atoms with Crippen LogP contribution in [-0.2, 0) is 66.5 Å². The summed E-state index contributed by atoms with van der Waals surface area (Å²) in [5.41, 5.74) is 0. The van der Waals surface area contributed by atoms with Gasteiger partial charge < -0.3 is 160 Å². The molecule has 5 rings (SSSR count). The fourth-order valence-electron chi connectivity index (χ4n) is 9.84. The summed E-state index contributed by atoms with van der Waals surface area (Å²) >= 11 is 0. The van der Waals surface area contributed by atoms with Crippen LogP contribution in [0.5, 0.6) is 0 Å². The van der Waals surface area contributed by atoms with Crippen molar-refractivity contribution >= 4 is 23.7 Å². The van der Waals surface area contributed by atoms with Crippen LogP contribution in [0.3, 0.4) is 0 Å². The number of carbonyl (C=O) groups excluding carboxylic acids is 3. The minimum absolute atomic E-state index is 0.811. The van der Waals surface area contributed by atoms with Gasteiger partial charge in [0.1, 0.15) is 134 Å². The van der Waals surface area contributed by atoms with Crippen LogP contribution in [0.15, 0.2) is 0 Å². The second kappa shape index (κ2) is 29.7. The van der Waals surface area contributed by atoms with Crippen LogP contribution in [0.25, 0.3) is 0 Å². The summed E-state index contributed by atoms with van der Waals surface area (Å²) in [5.74, 6) is -7.99. The van der Waals surface area contributed by atoms with E-state index >= 15 is 0 Å². The summed E-state index contributed by atoms with van der Waals surface area (Å²) < 4.78 is 58.0. The lowest BCUT2D eigenvalue weighted by Crippen LogP contribution is -2.71. The van der Waals surface area contributed by atoms with E-state index in [2.05, 4.69) is 16.0 Å². The predicted octanol–water partition coefficient (Wildman–Crippen LogP) is -13.8. The molecule has 36 heteroatoms. The van der Waals surface area contributed by atoms with E-state index in [1.54, 1.807) is 0 Å². The Morgan fingerprint density at radius 3 is 1.70 bits per heavy atom. The van der Waals surface area contributed by atoms with E-state index in [0.29, 0.717) is 0 Å². The van der Waals surface area contributed by atoms with Crippen molar-refractivity contribution in [1.29, 1.82) is 0 Å². The standard InChI is InChI=1S/C45H77N3O33/c1-12-25(60)32(67)33(68)42(73-12)78-36-22(10-53)76-40(24(48-15(4)56)37(36)79-41-23(47-14(3)55)31(66)29(64)20(8-51)74-41)72-11-19(59)28(63)35(16(6-49)46-13(2)54)77-43-34(69)39(30(65)21(9-52)75-43)81-45(44(70)71)5-17(57)26(61)38(80-45)27(62)18(58)7-50/h12,16-43,49-53,57-69H,5-11H2,1-4H3,(H,46,54)(H,47,55)(H,48,56)(H,70,71)/t12-,16+,17+,18-,19-,20-,21-,22-,23-,24-,25+,26-,27-,28+,29-,30+,31-,32+,33-,34-,35-,36-,37-,38-,39+,40-,41+,42-,43+,45+/m1/s1. The molecule has 5 aliphatic heterocycles. The summed E-state index contributed by atoms with van der Waals surface area (Å²) in [6, 6.07) is -5.32. The first-order valence-corrected chi connectivity index (χ1v) is 25.5. The number of hydrogen-bond donors (Lipinski definition) is 22. The molecule has 0 spiro atoms. The maximum absolute atomic E-state index is 13.0. The van der Waals surface area contributed by atoms with Crippen LogP contribution in [0.1, 0.15) is 34.1 Å². The lowest BCUT2D eigenvalue weighted by atomic mass is 9.90. The average Bonchev–Trinajstić information content (AvgIpc) is 3.56. The molecule has 22 N–H and O–H groups in total. The van der Waals surface area contributed by atoms with Gasteiger partial charge in [0.25, 0.3) is 5.79 Å². The fourth-order valence-corrected chi connectivity index (χ4v) is 9.84. The monoisotopic (exact) mass is 1190 g/mol. The number of aliphatic hydroxyl groups excluding tert-OH is 18. The topological polar surface area (TPSA) is 581 Å².